The molecule has 2 aromatic heterocycles. The third-order valence-corrected chi connectivity index (χ3v) is 3.44. The van der Waals surface area contributed by atoms with Crippen LogP contribution in [0.2, 0.25) is 5.02 Å². The number of hydrogen-bond donors (Lipinski definition) is 1. The Morgan fingerprint density at radius 1 is 1.30 bits per heavy atom. The van der Waals surface area contributed by atoms with E-state index in [9.17, 15) is 4.79 Å². The van der Waals surface area contributed by atoms with Gasteiger partial charge in [-0.2, -0.15) is 0 Å². The smallest absolute Gasteiger partial charge is 0.273 e. The fourth-order valence-corrected chi connectivity index (χ4v) is 2.14. The number of halogens is 1. The summed E-state index contributed by atoms with van der Waals surface area (Å²) in [6.45, 7) is 1.21. The van der Waals surface area contributed by atoms with Crippen molar-refractivity contribution in [3.05, 3.63) is 53.4 Å². The summed E-state index contributed by atoms with van der Waals surface area (Å²) in [7, 11) is 0. The lowest BCUT2D eigenvalue weighted by Gasteiger charge is -2.02. The molecule has 0 radical (unpaired) electrons. The minimum Gasteiger partial charge on any atom is -0.355 e. The molecule has 0 spiro atoms. The molecule has 8 heteroatoms. The summed E-state index contributed by atoms with van der Waals surface area (Å²) < 4.78 is 6.91. The van der Waals surface area contributed by atoms with Crippen LogP contribution in [-0.2, 0) is 6.54 Å². The number of carbonyl (C=O) groups is 1. The average Bonchev–Trinajstić information content (AvgIpc) is 3.24. The highest BCUT2D eigenvalue weighted by Crippen LogP contribution is 2.22. The summed E-state index contributed by atoms with van der Waals surface area (Å²) in [5.74, 6) is 0.252. The van der Waals surface area contributed by atoms with Crippen molar-refractivity contribution in [1.29, 1.82) is 0 Å². The summed E-state index contributed by atoms with van der Waals surface area (Å²) >= 11 is 5.84. The molecule has 0 aliphatic carbocycles. The normalized spacial score (nSPS) is 10.7. The summed E-state index contributed by atoms with van der Waals surface area (Å²) in [5, 5.41) is 14.8. The fourth-order valence-electron chi connectivity index (χ4n) is 2.02. The van der Waals surface area contributed by atoms with Crippen LogP contribution >= 0.6 is 11.6 Å². The van der Waals surface area contributed by atoms with Gasteiger partial charge in [-0.1, -0.05) is 22.0 Å². The standard InChI is InChI=1S/C15H14ClN5O2/c16-12-4-2-11(3-5-12)14-10-13(19-23-14)15(22)17-6-1-8-21-9-7-18-20-21/h2-5,7,9-10H,1,6,8H2,(H,17,22). The predicted octanol–water partition coefficient (Wildman–Crippen LogP) is 2.41. The molecule has 118 valence electrons. The van der Waals surface area contributed by atoms with Gasteiger partial charge < -0.3 is 9.84 Å². The number of nitrogens with one attached hydrogen (secondary N) is 1. The second kappa shape index (κ2) is 7.06. The summed E-state index contributed by atoms with van der Waals surface area (Å²) in [5.41, 5.74) is 1.06. The second-order valence-electron chi connectivity index (χ2n) is 4.86. The van der Waals surface area contributed by atoms with Crippen molar-refractivity contribution in [3.63, 3.8) is 0 Å². The lowest BCUT2D eigenvalue weighted by molar-refractivity contribution is 0.0943. The van der Waals surface area contributed by atoms with Crippen LogP contribution in [0.4, 0.5) is 0 Å². The van der Waals surface area contributed by atoms with E-state index in [1.54, 1.807) is 35.3 Å². The van der Waals surface area contributed by atoms with Crippen molar-refractivity contribution in [2.75, 3.05) is 6.54 Å². The Balaban J connectivity index is 1.52. The summed E-state index contributed by atoms with van der Waals surface area (Å²) in [6.07, 6.45) is 4.14. The fraction of sp³-hybridized carbons (Fsp3) is 0.200. The Labute approximate surface area is 137 Å². The van der Waals surface area contributed by atoms with Crippen LogP contribution in [-0.4, -0.2) is 32.6 Å². The lowest BCUT2D eigenvalue weighted by atomic mass is 10.1. The molecule has 3 aromatic rings. The van der Waals surface area contributed by atoms with Gasteiger partial charge in [0.1, 0.15) is 0 Å². The highest BCUT2D eigenvalue weighted by Gasteiger charge is 2.13. The molecule has 1 aromatic carbocycles. The molecule has 3 rings (SSSR count). The number of rotatable bonds is 6. The van der Waals surface area contributed by atoms with E-state index in [2.05, 4.69) is 20.8 Å². The number of aryl methyl sites for hydroxylation is 1. The quantitative estimate of drug-likeness (QED) is 0.701. The van der Waals surface area contributed by atoms with Gasteiger partial charge in [0.25, 0.3) is 5.91 Å². The monoisotopic (exact) mass is 331 g/mol. The summed E-state index contributed by atoms with van der Waals surface area (Å²) in [6, 6.07) is 8.73. The van der Waals surface area contributed by atoms with Gasteiger partial charge in [-0.25, -0.2) is 0 Å². The van der Waals surface area contributed by atoms with Crippen LogP contribution in [0, 0.1) is 0 Å². The van der Waals surface area contributed by atoms with E-state index in [0.717, 1.165) is 12.0 Å². The number of amides is 1. The molecule has 0 unspecified atom stereocenters. The molecule has 0 fully saturated rings. The maximum absolute atomic E-state index is 12.0. The van der Waals surface area contributed by atoms with E-state index in [1.807, 2.05) is 12.1 Å². The molecular formula is C15H14ClN5O2. The minimum atomic E-state index is -0.271. The van der Waals surface area contributed by atoms with E-state index in [0.29, 0.717) is 23.9 Å². The Morgan fingerprint density at radius 2 is 2.13 bits per heavy atom. The third kappa shape index (κ3) is 3.95. The SMILES string of the molecule is O=C(NCCCn1ccnn1)c1cc(-c2ccc(Cl)cc2)on1. The molecule has 1 amide bonds. The molecule has 7 nitrogen and oxygen atoms in total. The molecule has 0 aliphatic rings. The molecule has 23 heavy (non-hydrogen) atoms. The minimum absolute atomic E-state index is 0.246. The zero-order chi connectivity index (χ0) is 16.1. The van der Waals surface area contributed by atoms with E-state index in [-0.39, 0.29) is 11.6 Å². The van der Waals surface area contributed by atoms with Crippen LogP contribution in [0.25, 0.3) is 11.3 Å². The first-order chi connectivity index (χ1) is 11.2. The maximum atomic E-state index is 12.0. The van der Waals surface area contributed by atoms with E-state index >= 15 is 0 Å². The van der Waals surface area contributed by atoms with Crippen LogP contribution in [0.1, 0.15) is 16.9 Å². The Morgan fingerprint density at radius 3 is 2.87 bits per heavy atom. The topological polar surface area (TPSA) is 85.8 Å². The Kier molecular flexibility index (Phi) is 4.68. The van der Waals surface area contributed by atoms with E-state index in [1.165, 1.54) is 0 Å². The molecule has 0 aliphatic heterocycles. The number of nitrogens with zero attached hydrogens (tertiary/aromatic N) is 4. The molecule has 2 heterocycles. The molecule has 0 saturated carbocycles. The van der Waals surface area contributed by atoms with E-state index in [4.69, 9.17) is 16.1 Å². The zero-order valence-corrected chi connectivity index (χ0v) is 12.9. The van der Waals surface area contributed by atoms with Crippen LogP contribution < -0.4 is 5.32 Å². The van der Waals surface area contributed by atoms with Crippen LogP contribution in [0.3, 0.4) is 0 Å². The molecule has 0 atom stereocenters. The maximum Gasteiger partial charge on any atom is 0.273 e. The first-order valence-electron chi connectivity index (χ1n) is 7.07. The van der Waals surface area contributed by atoms with Crippen molar-refractivity contribution in [1.82, 2.24) is 25.5 Å². The Bertz CT molecular complexity index is 768. The molecule has 0 saturated heterocycles. The largest absolute Gasteiger partial charge is 0.355 e. The van der Waals surface area contributed by atoms with Gasteiger partial charge in [0.2, 0.25) is 0 Å². The van der Waals surface area contributed by atoms with Crippen molar-refractivity contribution in [3.8, 4) is 11.3 Å². The average molecular weight is 332 g/mol. The zero-order valence-electron chi connectivity index (χ0n) is 12.1. The number of carbonyl (C=O) groups excluding carboxylic acids is 1. The van der Waals surface area contributed by atoms with E-state index < -0.39 is 0 Å². The van der Waals surface area contributed by atoms with Gasteiger partial charge in [0.05, 0.1) is 6.20 Å². The van der Waals surface area contributed by atoms with Crippen LogP contribution in [0.15, 0.2) is 47.2 Å². The highest BCUT2D eigenvalue weighted by atomic mass is 35.5. The van der Waals surface area contributed by atoms with Gasteiger partial charge in [0, 0.05) is 35.9 Å². The first-order valence-corrected chi connectivity index (χ1v) is 7.45. The first kappa shape index (κ1) is 15.2. The van der Waals surface area contributed by atoms with Gasteiger partial charge in [-0.15, -0.1) is 5.10 Å². The highest BCUT2D eigenvalue weighted by molar-refractivity contribution is 6.30. The van der Waals surface area contributed by atoms with Gasteiger partial charge in [-0.05, 0) is 30.7 Å². The van der Waals surface area contributed by atoms with Crippen LogP contribution in [0.5, 0.6) is 0 Å². The van der Waals surface area contributed by atoms with Crippen molar-refractivity contribution < 1.29 is 9.32 Å². The number of benzene rings is 1. The van der Waals surface area contributed by atoms with Crippen molar-refractivity contribution >= 4 is 17.5 Å². The number of hydrogen-bond acceptors (Lipinski definition) is 5. The van der Waals surface area contributed by atoms with Crippen molar-refractivity contribution in [2.45, 2.75) is 13.0 Å². The van der Waals surface area contributed by atoms with Crippen molar-refractivity contribution in [2.24, 2.45) is 0 Å². The van der Waals surface area contributed by atoms with Gasteiger partial charge >= 0.3 is 0 Å². The Hall–Kier alpha value is -2.67. The summed E-state index contributed by atoms with van der Waals surface area (Å²) in [4.78, 5) is 12.0. The molecule has 1 N–H and O–H groups in total. The second-order valence-corrected chi connectivity index (χ2v) is 5.30. The number of aromatic nitrogens is 4. The van der Waals surface area contributed by atoms with Gasteiger partial charge in [0.15, 0.2) is 11.5 Å². The van der Waals surface area contributed by atoms with Gasteiger partial charge in [-0.3, -0.25) is 9.48 Å². The lowest BCUT2D eigenvalue weighted by Crippen LogP contribution is -2.25. The molecule has 0 bridgehead atoms. The molecular weight excluding hydrogens is 318 g/mol. The predicted molar refractivity (Wildman–Crippen MR) is 83.9 cm³/mol. The third-order valence-electron chi connectivity index (χ3n) is 3.19.